The fourth-order valence-corrected chi connectivity index (χ4v) is 2.11. The molecular weight excluding hydrogens is 219 g/mol. The van der Waals surface area contributed by atoms with Crippen LogP contribution in [-0.2, 0) is 6.42 Å². The minimum atomic E-state index is 0.259. The van der Waals surface area contributed by atoms with Crippen LogP contribution in [0.15, 0.2) is 12.4 Å². The minimum absolute atomic E-state index is 0.259. The smallest absolute Gasteiger partial charge is 0.0636 e. The Bertz CT molecular complexity index is 328. The van der Waals surface area contributed by atoms with Crippen LogP contribution in [0.5, 0.6) is 0 Å². The van der Waals surface area contributed by atoms with Gasteiger partial charge in [-0.1, -0.05) is 23.2 Å². The molecule has 0 amide bonds. The first-order chi connectivity index (χ1) is 6.67. The normalized spacial score (nSPS) is 18.2. The average Bonchev–Trinajstić information content (AvgIpc) is 2.93. The van der Waals surface area contributed by atoms with E-state index in [0.29, 0.717) is 16.6 Å². The molecule has 2 N–H and O–H groups in total. The Kier molecular flexibility index (Phi) is 2.69. The SMILES string of the molecule is NCC1(Cc2c(Cl)cncc2Cl)CC1. The molecule has 1 aliphatic carbocycles. The Morgan fingerprint density at radius 3 is 2.29 bits per heavy atom. The van der Waals surface area contributed by atoms with Crippen molar-refractivity contribution in [3.8, 4) is 0 Å². The number of aromatic nitrogens is 1. The van der Waals surface area contributed by atoms with E-state index in [1.807, 2.05) is 0 Å². The van der Waals surface area contributed by atoms with E-state index < -0.39 is 0 Å². The van der Waals surface area contributed by atoms with Gasteiger partial charge in [-0.15, -0.1) is 0 Å². The van der Waals surface area contributed by atoms with Crippen molar-refractivity contribution in [2.75, 3.05) is 6.54 Å². The summed E-state index contributed by atoms with van der Waals surface area (Å²) in [7, 11) is 0. The highest BCUT2D eigenvalue weighted by Crippen LogP contribution is 2.48. The number of nitrogens with two attached hydrogens (primary N) is 1. The summed E-state index contributed by atoms with van der Waals surface area (Å²) in [6, 6.07) is 0. The predicted molar refractivity (Wildman–Crippen MR) is 58.7 cm³/mol. The molecule has 1 aliphatic rings. The van der Waals surface area contributed by atoms with Crippen LogP contribution in [0.25, 0.3) is 0 Å². The van der Waals surface area contributed by atoms with Gasteiger partial charge in [-0.2, -0.15) is 0 Å². The zero-order valence-electron chi connectivity index (χ0n) is 7.76. The van der Waals surface area contributed by atoms with Gasteiger partial charge in [0.1, 0.15) is 0 Å². The molecule has 0 bridgehead atoms. The first-order valence-electron chi connectivity index (χ1n) is 4.65. The third-order valence-corrected chi connectivity index (χ3v) is 3.55. The number of hydrogen-bond donors (Lipinski definition) is 1. The lowest BCUT2D eigenvalue weighted by atomic mass is 9.97. The van der Waals surface area contributed by atoms with Crippen molar-refractivity contribution in [1.82, 2.24) is 4.98 Å². The van der Waals surface area contributed by atoms with Crippen molar-refractivity contribution in [2.24, 2.45) is 11.1 Å². The summed E-state index contributed by atoms with van der Waals surface area (Å²) in [5.74, 6) is 0. The molecule has 2 rings (SSSR count). The highest BCUT2D eigenvalue weighted by atomic mass is 35.5. The Balaban J connectivity index is 2.24. The van der Waals surface area contributed by atoms with E-state index in [1.54, 1.807) is 12.4 Å². The molecule has 1 aromatic heterocycles. The Morgan fingerprint density at radius 1 is 1.29 bits per heavy atom. The maximum Gasteiger partial charge on any atom is 0.0636 e. The number of hydrogen-bond acceptors (Lipinski definition) is 2. The molecule has 0 atom stereocenters. The summed E-state index contributed by atoms with van der Waals surface area (Å²) in [4.78, 5) is 3.93. The second-order valence-electron chi connectivity index (χ2n) is 3.96. The summed E-state index contributed by atoms with van der Waals surface area (Å²) < 4.78 is 0. The van der Waals surface area contributed by atoms with Crippen molar-refractivity contribution in [3.05, 3.63) is 28.0 Å². The fraction of sp³-hybridized carbons (Fsp3) is 0.500. The van der Waals surface area contributed by atoms with Crippen LogP contribution < -0.4 is 5.73 Å². The Labute approximate surface area is 93.4 Å². The number of nitrogens with zero attached hydrogens (tertiary/aromatic N) is 1. The molecule has 1 saturated carbocycles. The lowest BCUT2D eigenvalue weighted by Crippen LogP contribution is -2.18. The Morgan fingerprint density at radius 2 is 1.86 bits per heavy atom. The first kappa shape index (κ1) is 10.2. The van der Waals surface area contributed by atoms with E-state index in [1.165, 1.54) is 12.8 Å². The maximum absolute atomic E-state index is 6.03. The van der Waals surface area contributed by atoms with Crippen molar-refractivity contribution < 1.29 is 0 Å². The van der Waals surface area contributed by atoms with Gasteiger partial charge < -0.3 is 5.73 Å². The Hall–Kier alpha value is -0.310. The summed E-state index contributed by atoms with van der Waals surface area (Å²) in [6.07, 6.45) is 6.51. The van der Waals surface area contributed by atoms with Gasteiger partial charge in [0.15, 0.2) is 0 Å². The van der Waals surface area contributed by atoms with Gasteiger partial charge in [-0.3, -0.25) is 4.98 Å². The van der Waals surface area contributed by atoms with E-state index in [2.05, 4.69) is 4.98 Å². The molecule has 14 heavy (non-hydrogen) atoms. The molecule has 76 valence electrons. The summed E-state index contributed by atoms with van der Waals surface area (Å²) in [5.41, 5.74) is 6.97. The summed E-state index contributed by atoms with van der Waals surface area (Å²) in [6.45, 7) is 0.710. The number of halogens is 2. The standard InChI is InChI=1S/C10H12Cl2N2/c11-8-4-14-5-9(12)7(8)3-10(6-13)1-2-10/h4-5H,1-3,6,13H2. The molecule has 1 heterocycles. The van der Waals surface area contributed by atoms with Crippen LogP contribution >= 0.6 is 23.2 Å². The molecule has 1 aromatic rings. The molecule has 0 aliphatic heterocycles. The lowest BCUT2D eigenvalue weighted by molar-refractivity contribution is 0.521. The zero-order chi connectivity index (χ0) is 10.2. The van der Waals surface area contributed by atoms with Crippen molar-refractivity contribution in [3.63, 3.8) is 0 Å². The van der Waals surface area contributed by atoms with Gasteiger partial charge in [-0.25, -0.2) is 0 Å². The molecule has 0 radical (unpaired) electrons. The molecule has 0 spiro atoms. The van der Waals surface area contributed by atoms with Crippen molar-refractivity contribution in [1.29, 1.82) is 0 Å². The van der Waals surface area contributed by atoms with Gasteiger partial charge in [0.2, 0.25) is 0 Å². The first-order valence-corrected chi connectivity index (χ1v) is 5.40. The van der Waals surface area contributed by atoms with Crippen LogP contribution in [0.1, 0.15) is 18.4 Å². The zero-order valence-corrected chi connectivity index (χ0v) is 9.28. The van der Waals surface area contributed by atoms with Gasteiger partial charge in [0.05, 0.1) is 10.0 Å². The van der Waals surface area contributed by atoms with E-state index in [-0.39, 0.29) is 5.41 Å². The second-order valence-corrected chi connectivity index (χ2v) is 4.78. The molecule has 1 fully saturated rings. The largest absolute Gasteiger partial charge is 0.330 e. The quantitative estimate of drug-likeness (QED) is 0.868. The average molecular weight is 231 g/mol. The van der Waals surface area contributed by atoms with Gasteiger partial charge in [-0.05, 0) is 36.8 Å². The van der Waals surface area contributed by atoms with E-state index in [4.69, 9.17) is 28.9 Å². The summed E-state index contributed by atoms with van der Waals surface area (Å²) in [5, 5.41) is 1.30. The van der Waals surface area contributed by atoms with Crippen LogP contribution in [0.3, 0.4) is 0 Å². The molecule has 0 saturated heterocycles. The predicted octanol–water partition coefficient (Wildman–Crippen LogP) is 2.67. The third-order valence-electron chi connectivity index (χ3n) is 2.89. The van der Waals surface area contributed by atoms with Gasteiger partial charge in [0.25, 0.3) is 0 Å². The summed E-state index contributed by atoms with van der Waals surface area (Å²) >= 11 is 12.1. The van der Waals surface area contributed by atoms with E-state index >= 15 is 0 Å². The minimum Gasteiger partial charge on any atom is -0.330 e. The molecule has 4 heteroatoms. The van der Waals surface area contributed by atoms with E-state index in [0.717, 1.165) is 12.0 Å². The van der Waals surface area contributed by atoms with Crippen molar-refractivity contribution >= 4 is 23.2 Å². The third kappa shape index (κ3) is 1.88. The van der Waals surface area contributed by atoms with Crippen molar-refractivity contribution in [2.45, 2.75) is 19.3 Å². The van der Waals surface area contributed by atoms with E-state index in [9.17, 15) is 0 Å². The van der Waals surface area contributed by atoms with Gasteiger partial charge in [0, 0.05) is 12.4 Å². The van der Waals surface area contributed by atoms with Crippen LogP contribution in [-0.4, -0.2) is 11.5 Å². The lowest BCUT2D eigenvalue weighted by Gasteiger charge is -2.14. The molecular formula is C10H12Cl2N2. The number of pyridine rings is 1. The second kappa shape index (κ2) is 3.69. The highest BCUT2D eigenvalue weighted by Gasteiger charge is 2.41. The van der Waals surface area contributed by atoms with Crippen LogP contribution in [0.4, 0.5) is 0 Å². The topological polar surface area (TPSA) is 38.9 Å². The molecule has 0 aromatic carbocycles. The maximum atomic E-state index is 6.03. The molecule has 0 unspecified atom stereocenters. The van der Waals surface area contributed by atoms with Crippen LogP contribution in [0, 0.1) is 5.41 Å². The monoisotopic (exact) mass is 230 g/mol. The van der Waals surface area contributed by atoms with Gasteiger partial charge >= 0.3 is 0 Å². The highest BCUT2D eigenvalue weighted by molar-refractivity contribution is 6.35. The molecule has 2 nitrogen and oxygen atoms in total. The number of rotatable bonds is 3. The van der Waals surface area contributed by atoms with Crippen LogP contribution in [0.2, 0.25) is 10.0 Å². The fourth-order valence-electron chi connectivity index (χ4n) is 1.61.